The number of piperazine rings is 1. The number of alkyl carbamates (subject to hydrolysis) is 1. The molecule has 2 fully saturated rings. The van der Waals surface area contributed by atoms with Gasteiger partial charge in [0.25, 0.3) is 0 Å². The fourth-order valence-corrected chi connectivity index (χ4v) is 4.84. The SMILES string of the molecule is CCNc1nc(Cl)c(Cl)c(N2CCN(CC[C@H]3CC[C@H](NC(=O)OC(C)(C)C)CC3)CC2)n1. The number of carbonyl (C=O) groups excluding carboxylic acids is 1. The summed E-state index contributed by atoms with van der Waals surface area (Å²) in [6.07, 6.45) is 5.26. The van der Waals surface area contributed by atoms with Crippen molar-refractivity contribution in [2.75, 3.05) is 49.5 Å². The Hall–Kier alpha value is -1.51. The van der Waals surface area contributed by atoms with E-state index in [1.807, 2.05) is 27.7 Å². The molecule has 0 aromatic carbocycles. The quantitative estimate of drug-likeness (QED) is 0.519. The first-order valence-electron chi connectivity index (χ1n) is 12.1. The zero-order valence-corrected chi connectivity index (χ0v) is 21.8. The van der Waals surface area contributed by atoms with Gasteiger partial charge in [0.2, 0.25) is 5.95 Å². The number of hydrogen-bond acceptors (Lipinski definition) is 7. The van der Waals surface area contributed by atoms with Crippen LogP contribution in [-0.4, -0.2) is 71.9 Å². The van der Waals surface area contributed by atoms with Crippen molar-refractivity contribution in [1.82, 2.24) is 20.2 Å². The highest BCUT2D eigenvalue weighted by molar-refractivity contribution is 6.42. The molecule has 1 aliphatic carbocycles. The first kappa shape index (κ1) is 26.1. The summed E-state index contributed by atoms with van der Waals surface area (Å²) in [7, 11) is 0. The maximum absolute atomic E-state index is 12.0. The number of rotatable bonds is 7. The zero-order valence-electron chi connectivity index (χ0n) is 20.3. The molecule has 1 amide bonds. The van der Waals surface area contributed by atoms with Gasteiger partial charge in [0.1, 0.15) is 10.6 Å². The second-order valence-corrected chi connectivity index (χ2v) is 10.7. The van der Waals surface area contributed by atoms with Crippen LogP contribution in [-0.2, 0) is 4.74 Å². The van der Waals surface area contributed by atoms with Gasteiger partial charge in [0.15, 0.2) is 11.0 Å². The molecule has 2 N–H and O–H groups in total. The number of halogens is 2. The molecule has 2 heterocycles. The molecule has 186 valence electrons. The number of ether oxygens (including phenoxy) is 1. The Kier molecular flexibility index (Phi) is 9.30. The van der Waals surface area contributed by atoms with Crippen LogP contribution in [0.15, 0.2) is 0 Å². The van der Waals surface area contributed by atoms with E-state index in [0.29, 0.717) is 16.8 Å². The van der Waals surface area contributed by atoms with E-state index in [9.17, 15) is 4.79 Å². The Labute approximate surface area is 207 Å². The number of amides is 1. The molecule has 0 unspecified atom stereocenters. The second-order valence-electron chi connectivity index (χ2n) is 9.99. The Morgan fingerprint density at radius 2 is 1.76 bits per heavy atom. The van der Waals surface area contributed by atoms with Crippen molar-refractivity contribution in [1.29, 1.82) is 0 Å². The van der Waals surface area contributed by atoms with Gasteiger partial charge in [-0.05, 0) is 72.3 Å². The molecule has 8 nitrogen and oxygen atoms in total. The van der Waals surface area contributed by atoms with E-state index in [2.05, 4.69) is 30.4 Å². The molecular formula is C23H38Cl2N6O2. The molecule has 0 spiro atoms. The highest BCUT2D eigenvalue weighted by atomic mass is 35.5. The predicted molar refractivity (Wildman–Crippen MR) is 135 cm³/mol. The third-order valence-corrected chi connectivity index (χ3v) is 6.94. The summed E-state index contributed by atoms with van der Waals surface area (Å²) < 4.78 is 5.38. The minimum absolute atomic E-state index is 0.233. The van der Waals surface area contributed by atoms with Gasteiger partial charge in [-0.3, -0.25) is 4.90 Å². The Morgan fingerprint density at radius 3 is 2.36 bits per heavy atom. The predicted octanol–water partition coefficient (Wildman–Crippen LogP) is 4.81. The normalized spacial score (nSPS) is 22.2. The number of anilines is 2. The number of carbonyl (C=O) groups is 1. The molecule has 1 saturated carbocycles. The summed E-state index contributed by atoms with van der Waals surface area (Å²) in [4.78, 5) is 25.5. The van der Waals surface area contributed by atoms with Crippen molar-refractivity contribution in [2.45, 2.75) is 71.4 Å². The summed E-state index contributed by atoms with van der Waals surface area (Å²) in [5.74, 6) is 1.95. The molecule has 1 aromatic heterocycles. The van der Waals surface area contributed by atoms with Crippen LogP contribution in [0, 0.1) is 5.92 Å². The second kappa shape index (κ2) is 11.8. The third-order valence-electron chi connectivity index (χ3n) is 6.22. The smallest absolute Gasteiger partial charge is 0.407 e. The van der Waals surface area contributed by atoms with Crippen molar-refractivity contribution < 1.29 is 9.53 Å². The average molecular weight is 502 g/mol. The van der Waals surface area contributed by atoms with Crippen LogP contribution in [0.1, 0.15) is 59.8 Å². The van der Waals surface area contributed by atoms with Crippen LogP contribution in [0.5, 0.6) is 0 Å². The van der Waals surface area contributed by atoms with E-state index < -0.39 is 5.60 Å². The lowest BCUT2D eigenvalue weighted by Crippen LogP contribution is -2.47. The summed E-state index contributed by atoms with van der Waals surface area (Å²) in [5.41, 5.74) is -0.453. The summed E-state index contributed by atoms with van der Waals surface area (Å²) in [6, 6.07) is 0.233. The molecule has 0 bridgehead atoms. The van der Waals surface area contributed by atoms with Crippen LogP contribution in [0.2, 0.25) is 10.2 Å². The van der Waals surface area contributed by atoms with Gasteiger partial charge in [-0.2, -0.15) is 9.97 Å². The van der Waals surface area contributed by atoms with E-state index >= 15 is 0 Å². The monoisotopic (exact) mass is 500 g/mol. The summed E-state index contributed by atoms with van der Waals surface area (Å²) in [6.45, 7) is 13.2. The van der Waals surface area contributed by atoms with Gasteiger partial charge < -0.3 is 20.3 Å². The van der Waals surface area contributed by atoms with Gasteiger partial charge in [-0.1, -0.05) is 23.2 Å². The van der Waals surface area contributed by atoms with Gasteiger partial charge in [0, 0.05) is 38.8 Å². The van der Waals surface area contributed by atoms with Crippen LogP contribution in [0.3, 0.4) is 0 Å². The van der Waals surface area contributed by atoms with Crippen molar-refractivity contribution in [3.63, 3.8) is 0 Å². The first-order valence-corrected chi connectivity index (χ1v) is 12.8. The van der Waals surface area contributed by atoms with Crippen LogP contribution >= 0.6 is 23.2 Å². The standard InChI is InChI=1S/C23H38Cl2N6O2/c1-5-26-21-28-19(25)18(24)20(29-21)31-14-12-30(13-15-31)11-10-16-6-8-17(9-7-16)27-22(32)33-23(2,3)4/h16-17H,5-15H2,1-4H3,(H,27,32)(H,26,28,29)/t16-,17-. The van der Waals surface area contributed by atoms with Gasteiger partial charge >= 0.3 is 6.09 Å². The fraction of sp³-hybridized carbons (Fsp3) is 0.783. The van der Waals surface area contributed by atoms with Gasteiger partial charge in [-0.25, -0.2) is 4.79 Å². The van der Waals surface area contributed by atoms with Crippen molar-refractivity contribution in [2.24, 2.45) is 5.92 Å². The Bertz CT molecular complexity index is 788. The molecule has 1 saturated heterocycles. The molecule has 2 aliphatic rings. The topological polar surface area (TPSA) is 82.6 Å². The van der Waals surface area contributed by atoms with Crippen molar-refractivity contribution in [3.8, 4) is 0 Å². The molecule has 3 rings (SSSR count). The molecule has 1 aliphatic heterocycles. The maximum Gasteiger partial charge on any atom is 0.407 e. The summed E-state index contributed by atoms with van der Waals surface area (Å²) in [5, 5.41) is 6.85. The van der Waals surface area contributed by atoms with Crippen LogP contribution in [0.4, 0.5) is 16.6 Å². The van der Waals surface area contributed by atoms with Crippen LogP contribution < -0.4 is 15.5 Å². The highest BCUT2D eigenvalue weighted by Crippen LogP contribution is 2.32. The van der Waals surface area contributed by atoms with E-state index in [1.54, 1.807) is 0 Å². The molecule has 1 aromatic rings. The molecule has 0 atom stereocenters. The maximum atomic E-state index is 12.0. The van der Waals surface area contributed by atoms with Gasteiger partial charge in [-0.15, -0.1) is 0 Å². The molecule has 10 heteroatoms. The summed E-state index contributed by atoms with van der Waals surface area (Å²) >= 11 is 12.6. The minimum atomic E-state index is -0.453. The van der Waals surface area contributed by atoms with Crippen molar-refractivity contribution >= 4 is 41.1 Å². The van der Waals surface area contributed by atoms with Crippen molar-refractivity contribution in [3.05, 3.63) is 10.2 Å². The zero-order chi connectivity index (χ0) is 24.0. The Morgan fingerprint density at radius 1 is 1.09 bits per heavy atom. The van der Waals surface area contributed by atoms with E-state index in [0.717, 1.165) is 70.9 Å². The largest absolute Gasteiger partial charge is 0.444 e. The lowest BCUT2D eigenvalue weighted by atomic mass is 9.84. The van der Waals surface area contributed by atoms with E-state index in [1.165, 1.54) is 6.42 Å². The lowest BCUT2D eigenvalue weighted by Gasteiger charge is -2.37. The van der Waals surface area contributed by atoms with Crippen LogP contribution in [0.25, 0.3) is 0 Å². The van der Waals surface area contributed by atoms with E-state index in [4.69, 9.17) is 27.9 Å². The molecule has 33 heavy (non-hydrogen) atoms. The number of hydrogen-bond donors (Lipinski definition) is 2. The molecule has 0 radical (unpaired) electrons. The first-order chi connectivity index (χ1) is 15.6. The van der Waals surface area contributed by atoms with E-state index in [-0.39, 0.29) is 17.3 Å². The fourth-order valence-electron chi connectivity index (χ4n) is 4.47. The molecular weight excluding hydrogens is 463 g/mol. The Balaban J connectivity index is 1.38. The average Bonchev–Trinajstić information content (AvgIpc) is 2.75. The lowest BCUT2D eigenvalue weighted by molar-refractivity contribution is 0.0486. The third kappa shape index (κ3) is 8.04. The number of nitrogens with zero attached hydrogens (tertiary/aromatic N) is 4. The number of aromatic nitrogens is 2. The van der Waals surface area contributed by atoms with Gasteiger partial charge in [0.05, 0.1) is 0 Å². The highest BCUT2D eigenvalue weighted by Gasteiger charge is 2.26. The number of nitrogens with one attached hydrogen (secondary N) is 2. The minimum Gasteiger partial charge on any atom is -0.444 e.